The second kappa shape index (κ2) is 4.81. The fraction of sp³-hybridized carbons (Fsp3) is 0.364. The van der Waals surface area contributed by atoms with E-state index in [-0.39, 0.29) is 10.6 Å². The van der Waals surface area contributed by atoms with Crippen LogP contribution in [0.2, 0.25) is 5.02 Å². The summed E-state index contributed by atoms with van der Waals surface area (Å²) in [4.78, 5) is 28.2. The summed E-state index contributed by atoms with van der Waals surface area (Å²) in [7, 11) is 1.30. The third kappa shape index (κ3) is 1.99. The van der Waals surface area contributed by atoms with Crippen molar-refractivity contribution in [2.24, 2.45) is 0 Å². The molecule has 1 unspecified atom stereocenters. The fourth-order valence-electron chi connectivity index (χ4n) is 1.91. The first kappa shape index (κ1) is 12.6. The van der Waals surface area contributed by atoms with Crippen molar-refractivity contribution in [2.45, 2.75) is 12.5 Å². The van der Waals surface area contributed by atoms with Crippen molar-refractivity contribution < 1.29 is 19.4 Å². The van der Waals surface area contributed by atoms with E-state index in [1.807, 2.05) is 0 Å². The number of anilines is 1. The first-order valence-electron chi connectivity index (χ1n) is 5.27. The molecule has 0 aromatic carbocycles. The number of rotatable bonds is 3. The van der Waals surface area contributed by atoms with Crippen molar-refractivity contribution in [2.75, 3.05) is 18.6 Å². The number of aromatic carboxylic acids is 1. The number of carboxylic acid groups (broad SMARTS) is 1. The van der Waals surface area contributed by atoms with Gasteiger partial charge in [-0.3, -0.25) is 4.98 Å². The molecule has 2 heterocycles. The van der Waals surface area contributed by atoms with Gasteiger partial charge in [-0.1, -0.05) is 11.6 Å². The number of carbonyl (C=O) groups is 2. The van der Waals surface area contributed by atoms with Gasteiger partial charge in [0.2, 0.25) is 0 Å². The van der Waals surface area contributed by atoms with Crippen LogP contribution in [0, 0.1) is 0 Å². The Labute approximate surface area is 108 Å². The smallest absolute Gasteiger partial charge is 0.339 e. The Morgan fingerprint density at radius 1 is 1.56 bits per heavy atom. The Balaban J connectivity index is 2.37. The molecule has 1 N–H and O–H groups in total. The molecular weight excluding hydrogens is 260 g/mol. The molecule has 0 radical (unpaired) electrons. The van der Waals surface area contributed by atoms with Crippen LogP contribution in [0.4, 0.5) is 5.69 Å². The van der Waals surface area contributed by atoms with Gasteiger partial charge in [0, 0.05) is 12.7 Å². The van der Waals surface area contributed by atoms with Crippen LogP contribution in [0.3, 0.4) is 0 Å². The molecule has 1 aromatic heterocycles. The van der Waals surface area contributed by atoms with Crippen LogP contribution in [0.5, 0.6) is 0 Å². The van der Waals surface area contributed by atoms with E-state index in [2.05, 4.69) is 9.72 Å². The van der Waals surface area contributed by atoms with E-state index in [1.54, 1.807) is 4.90 Å². The van der Waals surface area contributed by atoms with Crippen LogP contribution in [0.25, 0.3) is 0 Å². The second-order valence-corrected chi connectivity index (χ2v) is 4.25. The predicted octanol–water partition coefficient (Wildman–Crippen LogP) is 1.18. The maximum atomic E-state index is 11.5. The lowest BCUT2D eigenvalue weighted by Crippen LogP contribution is -2.53. The van der Waals surface area contributed by atoms with E-state index in [1.165, 1.54) is 19.5 Å². The Bertz CT molecular complexity index is 506. The first-order chi connectivity index (χ1) is 8.56. The molecule has 2 rings (SSSR count). The van der Waals surface area contributed by atoms with Crippen LogP contribution < -0.4 is 4.90 Å². The first-order valence-corrected chi connectivity index (χ1v) is 5.65. The zero-order valence-electron chi connectivity index (χ0n) is 9.59. The molecule has 0 aliphatic carbocycles. The summed E-state index contributed by atoms with van der Waals surface area (Å²) in [5.74, 6) is -1.54. The number of halogens is 1. The highest BCUT2D eigenvalue weighted by molar-refractivity contribution is 6.34. The van der Waals surface area contributed by atoms with Gasteiger partial charge in [-0.05, 0) is 6.42 Å². The normalized spacial score (nSPS) is 18.1. The van der Waals surface area contributed by atoms with E-state index >= 15 is 0 Å². The molecule has 1 atom stereocenters. The van der Waals surface area contributed by atoms with Gasteiger partial charge in [0.1, 0.15) is 11.6 Å². The SMILES string of the molecule is COC(=O)C1CCN1c1cncc(Cl)c1C(=O)O. The van der Waals surface area contributed by atoms with Gasteiger partial charge in [-0.2, -0.15) is 0 Å². The summed E-state index contributed by atoms with van der Waals surface area (Å²) < 4.78 is 4.66. The van der Waals surface area contributed by atoms with Crippen LogP contribution >= 0.6 is 11.6 Å². The lowest BCUT2D eigenvalue weighted by Gasteiger charge is -2.41. The Morgan fingerprint density at radius 2 is 2.28 bits per heavy atom. The number of carboxylic acids is 1. The van der Waals surface area contributed by atoms with Crippen LogP contribution in [0.1, 0.15) is 16.8 Å². The highest BCUT2D eigenvalue weighted by Crippen LogP contribution is 2.33. The van der Waals surface area contributed by atoms with Gasteiger partial charge in [-0.15, -0.1) is 0 Å². The monoisotopic (exact) mass is 270 g/mol. The summed E-state index contributed by atoms with van der Waals surface area (Å²) in [6, 6.07) is -0.464. The van der Waals surface area contributed by atoms with Crippen molar-refractivity contribution in [1.29, 1.82) is 0 Å². The number of aromatic nitrogens is 1. The van der Waals surface area contributed by atoms with Crippen molar-refractivity contribution in [3.05, 3.63) is 23.0 Å². The van der Waals surface area contributed by atoms with Crippen molar-refractivity contribution >= 4 is 29.2 Å². The third-order valence-corrected chi connectivity index (χ3v) is 3.18. The molecule has 0 spiro atoms. The standard InChI is InChI=1S/C11H11ClN2O4/c1-18-11(17)7-2-3-14(7)8-5-13-4-6(12)9(8)10(15)16/h4-5,7H,2-3H2,1H3,(H,15,16). The maximum Gasteiger partial charge on any atom is 0.339 e. The zero-order valence-corrected chi connectivity index (χ0v) is 10.3. The highest BCUT2D eigenvalue weighted by Gasteiger charge is 2.37. The molecule has 0 bridgehead atoms. The average Bonchev–Trinajstić information content (AvgIpc) is 2.26. The second-order valence-electron chi connectivity index (χ2n) is 3.84. The number of esters is 1. The Hall–Kier alpha value is -1.82. The van der Waals surface area contributed by atoms with Crippen molar-refractivity contribution in [3.8, 4) is 0 Å². The largest absolute Gasteiger partial charge is 0.478 e. The van der Waals surface area contributed by atoms with Gasteiger partial charge in [0.05, 0.1) is 24.0 Å². The number of carbonyl (C=O) groups excluding carboxylic acids is 1. The number of methoxy groups -OCH3 is 1. The average molecular weight is 271 g/mol. The van der Waals surface area contributed by atoms with E-state index < -0.39 is 18.0 Å². The van der Waals surface area contributed by atoms with E-state index in [9.17, 15) is 9.59 Å². The highest BCUT2D eigenvalue weighted by atomic mass is 35.5. The van der Waals surface area contributed by atoms with E-state index in [0.717, 1.165) is 0 Å². The lowest BCUT2D eigenvalue weighted by atomic mass is 10.0. The quantitative estimate of drug-likeness (QED) is 0.831. The van der Waals surface area contributed by atoms with Gasteiger partial charge < -0.3 is 14.7 Å². The summed E-state index contributed by atoms with van der Waals surface area (Å²) in [6.45, 7) is 0.571. The minimum absolute atomic E-state index is 0.0414. The van der Waals surface area contributed by atoms with Gasteiger partial charge in [0.15, 0.2) is 0 Å². The number of hydrogen-bond acceptors (Lipinski definition) is 5. The van der Waals surface area contributed by atoms with Crippen molar-refractivity contribution in [1.82, 2.24) is 4.98 Å². The minimum Gasteiger partial charge on any atom is -0.478 e. The molecule has 0 saturated carbocycles. The molecule has 18 heavy (non-hydrogen) atoms. The molecule has 1 aliphatic heterocycles. The van der Waals surface area contributed by atoms with Gasteiger partial charge >= 0.3 is 11.9 Å². The molecule has 1 saturated heterocycles. The van der Waals surface area contributed by atoms with Crippen LogP contribution in [-0.4, -0.2) is 41.7 Å². The van der Waals surface area contributed by atoms with E-state index in [0.29, 0.717) is 18.7 Å². The predicted molar refractivity (Wildman–Crippen MR) is 64.0 cm³/mol. The summed E-state index contributed by atoms with van der Waals surface area (Å²) in [6.07, 6.45) is 3.28. The lowest BCUT2D eigenvalue weighted by molar-refractivity contribution is -0.143. The summed E-state index contributed by atoms with van der Waals surface area (Å²) >= 11 is 5.82. The fourth-order valence-corrected chi connectivity index (χ4v) is 2.14. The molecule has 96 valence electrons. The molecule has 7 heteroatoms. The molecular formula is C11H11ClN2O4. The Kier molecular flexibility index (Phi) is 3.38. The molecule has 1 aliphatic rings. The molecule has 1 aromatic rings. The number of hydrogen-bond donors (Lipinski definition) is 1. The third-order valence-electron chi connectivity index (χ3n) is 2.90. The number of pyridine rings is 1. The molecule has 1 fully saturated rings. The topological polar surface area (TPSA) is 79.7 Å². The number of ether oxygens (including phenoxy) is 1. The number of nitrogens with zero attached hydrogens (tertiary/aromatic N) is 2. The van der Waals surface area contributed by atoms with Gasteiger partial charge in [-0.25, -0.2) is 9.59 Å². The zero-order chi connectivity index (χ0) is 13.3. The minimum atomic E-state index is -1.15. The Morgan fingerprint density at radius 3 is 2.78 bits per heavy atom. The van der Waals surface area contributed by atoms with Crippen LogP contribution in [-0.2, 0) is 9.53 Å². The van der Waals surface area contributed by atoms with Gasteiger partial charge in [0.25, 0.3) is 0 Å². The van der Waals surface area contributed by atoms with Crippen LogP contribution in [0.15, 0.2) is 12.4 Å². The summed E-state index contributed by atoms with van der Waals surface area (Å²) in [5.41, 5.74) is 0.303. The molecule has 0 amide bonds. The van der Waals surface area contributed by atoms with Crippen molar-refractivity contribution in [3.63, 3.8) is 0 Å². The maximum absolute atomic E-state index is 11.5. The summed E-state index contributed by atoms with van der Waals surface area (Å²) in [5, 5.41) is 9.19. The molecule has 6 nitrogen and oxygen atoms in total. The van der Waals surface area contributed by atoms with E-state index in [4.69, 9.17) is 16.7 Å².